The molecule has 0 saturated carbocycles. The van der Waals surface area contributed by atoms with E-state index in [4.69, 9.17) is 5.11 Å². The molecule has 5 nitrogen and oxygen atoms in total. The van der Waals surface area contributed by atoms with Gasteiger partial charge in [0.25, 0.3) is 0 Å². The van der Waals surface area contributed by atoms with Gasteiger partial charge in [0.1, 0.15) is 5.69 Å². The Hall–Kier alpha value is -1.46. The lowest BCUT2D eigenvalue weighted by Gasteiger charge is -2.38. The van der Waals surface area contributed by atoms with E-state index < -0.39 is 5.97 Å². The highest BCUT2D eigenvalue weighted by atomic mass is 16.4. The number of carboxylic acids is 1. The van der Waals surface area contributed by atoms with Crippen molar-refractivity contribution >= 4 is 5.97 Å². The largest absolute Gasteiger partial charge is 0.477 e. The molecule has 5 heteroatoms. The molecular formula is C13H19N3O2. The van der Waals surface area contributed by atoms with Gasteiger partial charge >= 0.3 is 5.97 Å². The van der Waals surface area contributed by atoms with Gasteiger partial charge in [0, 0.05) is 38.4 Å². The SMILES string of the molecule is CC1CN(C)CCN1Cc1ccnc(C(=O)O)c1. The monoisotopic (exact) mass is 249 g/mol. The number of hydrogen-bond donors (Lipinski definition) is 1. The number of pyridine rings is 1. The van der Waals surface area contributed by atoms with Crippen molar-refractivity contribution in [3.63, 3.8) is 0 Å². The summed E-state index contributed by atoms with van der Waals surface area (Å²) in [6.45, 7) is 6.12. The van der Waals surface area contributed by atoms with Gasteiger partial charge in [-0.25, -0.2) is 9.78 Å². The molecule has 1 N–H and O–H groups in total. The van der Waals surface area contributed by atoms with Gasteiger partial charge in [-0.05, 0) is 31.7 Å². The van der Waals surface area contributed by atoms with Crippen LogP contribution >= 0.6 is 0 Å². The first kappa shape index (κ1) is 13.0. The second-order valence-corrected chi connectivity index (χ2v) is 4.94. The maximum atomic E-state index is 10.9. The van der Waals surface area contributed by atoms with Crippen LogP contribution in [0.15, 0.2) is 18.3 Å². The molecule has 1 atom stereocenters. The number of piperazine rings is 1. The summed E-state index contributed by atoms with van der Waals surface area (Å²) in [4.78, 5) is 19.4. The minimum Gasteiger partial charge on any atom is -0.477 e. The van der Waals surface area contributed by atoms with Gasteiger partial charge in [-0.1, -0.05) is 0 Å². The fraction of sp³-hybridized carbons (Fsp3) is 0.538. The van der Waals surface area contributed by atoms with Crippen LogP contribution < -0.4 is 0 Å². The first-order valence-corrected chi connectivity index (χ1v) is 6.17. The smallest absolute Gasteiger partial charge is 0.354 e. The van der Waals surface area contributed by atoms with Crippen LogP contribution in [0, 0.1) is 0 Å². The normalized spacial score (nSPS) is 22.0. The minimum atomic E-state index is -0.969. The Balaban J connectivity index is 2.05. The average molecular weight is 249 g/mol. The number of aromatic nitrogens is 1. The van der Waals surface area contributed by atoms with Crippen LogP contribution in [0.25, 0.3) is 0 Å². The van der Waals surface area contributed by atoms with Crippen LogP contribution in [-0.2, 0) is 6.54 Å². The Morgan fingerprint density at radius 3 is 3.00 bits per heavy atom. The van der Waals surface area contributed by atoms with Gasteiger partial charge in [0.2, 0.25) is 0 Å². The number of likely N-dealkylation sites (N-methyl/N-ethyl adjacent to an activating group) is 1. The quantitative estimate of drug-likeness (QED) is 0.863. The second kappa shape index (κ2) is 5.46. The van der Waals surface area contributed by atoms with E-state index >= 15 is 0 Å². The molecule has 98 valence electrons. The summed E-state index contributed by atoms with van der Waals surface area (Å²) in [6, 6.07) is 4.04. The molecule has 2 rings (SSSR count). The molecule has 1 fully saturated rings. The van der Waals surface area contributed by atoms with E-state index in [2.05, 4.69) is 28.8 Å². The Kier molecular flexibility index (Phi) is 3.93. The highest BCUT2D eigenvalue weighted by Crippen LogP contribution is 2.13. The average Bonchev–Trinajstić information content (AvgIpc) is 2.33. The Bertz CT molecular complexity index is 436. The second-order valence-electron chi connectivity index (χ2n) is 4.94. The molecule has 1 aliphatic heterocycles. The van der Waals surface area contributed by atoms with E-state index in [-0.39, 0.29) is 5.69 Å². The van der Waals surface area contributed by atoms with Crippen molar-refractivity contribution in [2.75, 3.05) is 26.7 Å². The van der Waals surface area contributed by atoms with E-state index in [1.165, 1.54) is 0 Å². The third-order valence-corrected chi connectivity index (χ3v) is 3.40. The number of carboxylic acid groups (broad SMARTS) is 1. The molecule has 0 aliphatic carbocycles. The molecular weight excluding hydrogens is 230 g/mol. The molecule has 0 aromatic carbocycles. The summed E-state index contributed by atoms with van der Waals surface area (Å²) >= 11 is 0. The van der Waals surface area contributed by atoms with Crippen molar-refractivity contribution in [1.29, 1.82) is 0 Å². The van der Waals surface area contributed by atoms with Gasteiger partial charge in [-0.3, -0.25) is 4.90 Å². The predicted octanol–water partition coefficient (Wildman–Crippen LogP) is 0.916. The molecule has 0 bridgehead atoms. The molecule has 18 heavy (non-hydrogen) atoms. The summed E-state index contributed by atoms with van der Waals surface area (Å²) in [5.74, 6) is -0.969. The third kappa shape index (κ3) is 3.05. The Morgan fingerprint density at radius 2 is 2.33 bits per heavy atom. The third-order valence-electron chi connectivity index (χ3n) is 3.40. The van der Waals surface area contributed by atoms with Crippen molar-refractivity contribution in [1.82, 2.24) is 14.8 Å². The zero-order valence-corrected chi connectivity index (χ0v) is 10.8. The zero-order valence-electron chi connectivity index (χ0n) is 10.8. The van der Waals surface area contributed by atoms with Gasteiger partial charge in [-0.2, -0.15) is 0 Å². The molecule has 0 radical (unpaired) electrons. The Morgan fingerprint density at radius 1 is 1.56 bits per heavy atom. The lowest BCUT2D eigenvalue weighted by molar-refractivity contribution is 0.0689. The van der Waals surface area contributed by atoms with E-state index in [1.807, 2.05) is 6.07 Å². The Labute approximate surface area is 107 Å². The van der Waals surface area contributed by atoms with Crippen LogP contribution in [0.5, 0.6) is 0 Å². The van der Waals surface area contributed by atoms with E-state index in [0.717, 1.165) is 31.7 Å². The van der Waals surface area contributed by atoms with Gasteiger partial charge in [0.05, 0.1) is 0 Å². The highest BCUT2D eigenvalue weighted by Gasteiger charge is 2.21. The summed E-state index contributed by atoms with van der Waals surface area (Å²) in [7, 11) is 2.13. The van der Waals surface area contributed by atoms with Crippen molar-refractivity contribution in [2.24, 2.45) is 0 Å². The van der Waals surface area contributed by atoms with Crippen molar-refractivity contribution in [3.8, 4) is 0 Å². The lowest BCUT2D eigenvalue weighted by Crippen LogP contribution is -2.49. The number of hydrogen-bond acceptors (Lipinski definition) is 4. The van der Waals surface area contributed by atoms with Crippen molar-refractivity contribution in [2.45, 2.75) is 19.5 Å². The molecule has 1 unspecified atom stereocenters. The molecule has 1 aliphatic rings. The summed E-state index contributed by atoms with van der Waals surface area (Å²) in [5, 5.41) is 8.92. The first-order chi connectivity index (χ1) is 8.56. The van der Waals surface area contributed by atoms with E-state index in [1.54, 1.807) is 12.3 Å². The maximum Gasteiger partial charge on any atom is 0.354 e. The molecule has 0 spiro atoms. The van der Waals surface area contributed by atoms with Crippen LogP contribution in [0.4, 0.5) is 0 Å². The molecule has 1 aromatic rings. The lowest BCUT2D eigenvalue weighted by atomic mass is 10.1. The highest BCUT2D eigenvalue weighted by molar-refractivity contribution is 5.85. The minimum absolute atomic E-state index is 0.120. The van der Waals surface area contributed by atoms with Gasteiger partial charge in [0.15, 0.2) is 0 Å². The summed E-state index contributed by atoms with van der Waals surface area (Å²) < 4.78 is 0. The fourth-order valence-electron chi connectivity index (χ4n) is 2.34. The molecule has 1 aromatic heterocycles. The number of rotatable bonds is 3. The van der Waals surface area contributed by atoms with Crippen LogP contribution in [0.3, 0.4) is 0 Å². The standard InChI is InChI=1S/C13H19N3O2/c1-10-8-15(2)5-6-16(10)9-11-3-4-14-12(7-11)13(17)18/h3-4,7,10H,5-6,8-9H2,1-2H3,(H,17,18). The topological polar surface area (TPSA) is 56.7 Å². The number of nitrogens with zero attached hydrogens (tertiary/aromatic N) is 3. The van der Waals surface area contributed by atoms with Crippen molar-refractivity contribution < 1.29 is 9.90 Å². The molecule has 1 saturated heterocycles. The first-order valence-electron chi connectivity index (χ1n) is 6.17. The van der Waals surface area contributed by atoms with Crippen molar-refractivity contribution in [3.05, 3.63) is 29.6 Å². The van der Waals surface area contributed by atoms with E-state index in [0.29, 0.717) is 6.04 Å². The van der Waals surface area contributed by atoms with Crippen LogP contribution in [-0.4, -0.2) is 58.6 Å². The summed E-state index contributed by atoms with van der Waals surface area (Å²) in [5.41, 5.74) is 1.13. The van der Waals surface area contributed by atoms with Crippen LogP contribution in [0.2, 0.25) is 0 Å². The fourth-order valence-corrected chi connectivity index (χ4v) is 2.34. The molecule has 0 amide bonds. The maximum absolute atomic E-state index is 10.9. The molecule has 2 heterocycles. The number of carbonyl (C=O) groups is 1. The van der Waals surface area contributed by atoms with Gasteiger partial charge < -0.3 is 10.0 Å². The number of aromatic carboxylic acids is 1. The summed E-state index contributed by atoms with van der Waals surface area (Å²) in [6.07, 6.45) is 1.57. The zero-order chi connectivity index (χ0) is 13.1. The predicted molar refractivity (Wildman–Crippen MR) is 68.6 cm³/mol. The van der Waals surface area contributed by atoms with Crippen LogP contribution in [0.1, 0.15) is 23.0 Å². The van der Waals surface area contributed by atoms with Gasteiger partial charge in [-0.15, -0.1) is 0 Å². The van der Waals surface area contributed by atoms with E-state index in [9.17, 15) is 4.79 Å².